The molecular weight excluding hydrogens is 1180 g/mol. The van der Waals surface area contributed by atoms with Gasteiger partial charge in [-0.2, -0.15) is 0 Å². The van der Waals surface area contributed by atoms with Crippen LogP contribution >= 0.6 is 0 Å². The van der Waals surface area contributed by atoms with Gasteiger partial charge in [0.15, 0.2) is 23.2 Å². The molecule has 458 valence electrons. The first-order valence-electron chi connectivity index (χ1n) is 32.1. The van der Waals surface area contributed by atoms with Crippen LogP contribution < -0.4 is 26.2 Å². The minimum absolute atomic E-state index is 0.115. The molecule has 12 heteroatoms. The van der Waals surface area contributed by atoms with Crippen LogP contribution in [-0.4, -0.2) is 38.2 Å². The molecule has 0 saturated heterocycles. The van der Waals surface area contributed by atoms with Crippen LogP contribution in [0.4, 0.5) is 39.8 Å². The molecule has 2 aliphatic rings. The standard InChI is InChI=1S/C84H60BN7O4/c1-84(2,3)62-38-40-66-67-45-58(35-41-71(67)92(75(66)50-62)72-44-39-63(86-4)51-68(72)81-88-79(56-27-15-7-16-28-56)87-80(89-81)57-29-17-8-18-30-57)61-48-76-78-77(49-61)91(65-33-21-10-22-34-65)74-43-37-60(83(94)96-53-55-25-13-6-14-26-55)47-70(74)85(78)69-46-59(82(93)95-52-54-23-11-5-12-24-54)36-42-73(69)90(76)64-31-19-9-20-32-64/h5-51H,52-53H2,1-3H3. The summed E-state index contributed by atoms with van der Waals surface area (Å²) in [5.74, 6) is 0.589. The van der Waals surface area contributed by atoms with Crippen molar-refractivity contribution in [2.45, 2.75) is 39.4 Å². The van der Waals surface area contributed by atoms with E-state index in [-0.39, 0.29) is 18.6 Å². The summed E-state index contributed by atoms with van der Waals surface area (Å²) < 4.78 is 14.4. The van der Waals surface area contributed by atoms with Gasteiger partial charge >= 0.3 is 11.9 Å². The number of fused-ring (bicyclic) bond motifs is 7. The first-order chi connectivity index (χ1) is 47.0. The SMILES string of the molecule is [C-]#[N+]c1ccc(-n2c3ccc(-c4cc5c6c(c4)N(c4ccccc4)c4ccc(C(=O)OCc7ccccc7)cc4B6c4cc(C(=O)OCc6ccccc6)ccc4N5c4ccccc4)cc3c3ccc(C(C)(C)C)cc32)c(-c2nc(-c3ccccc3)nc(-c3ccccc3)n2)c1. The van der Waals surface area contributed by atoms with Crippen molar-refractivity contribution in [3.05, 3.63) is 324 Å². The quantitative estimate of drug-likeness (QED) is 0.0634. The Morgan fingerprint density at radius 3 is 1.41 bits per heavy atom. The minimum Gasteiger partial charge on any atom is -0.457 e. The number of para-hydroxylation sites is 2. The maximum atomic E-state index is 14.4. The summed E-state index contributed by atoms with van der Waals surface area (Å²) in [5, 5.41) is 2.06. The lowest BCUT2D eigenvalue weighted by Crippen LogP contribution is -2.61. The van der Waals surface area contributed by atoms with Gasteiger partial charge in [-0.15, -0.1) is 0 Å². The van der Waals surface area contributed by atoms with Gasteiger partial charge in [-0.05, 0) is 141 Å². The van der Waals surface area contributed by atoms with Gasteiger partial charge in [-0.3, -0.25) is 0 Å². The zero-order valence-electron chi connectivity index (χ0n) is 52.9. The van der Waals surface area contributed by atoms with Crippen molar-refractivity contribution in [2.24, 2.45) is 0 Å². The molecule has 2 aromatic heterocycles. The van der Waals surface area contributed by atoms with Crippen LogP contribution in [0.15, 0.2) is 285 Å². The van der Waals surface area contributed by atoms with Crippen LogP contribution in [0.25, 0.3) is 77.6 Å². The minimum atomic E-state index is -0.490. The van der Waals surface area contributed by atoms with E-state index in [0.717, 1.165) is 117 Å². The zero-order valence-corrected chi connectivity index (χ0v) is 52.9. The van der Waals surface area contributed by atoms with Crippen LogP contribution in [0.3, 0.4) is 0 Å². The molecule has 0 atom stereocenters. The molecule has 0 aliphatic carbocycles. The normalized spacial score (nSPS) is 12.2. The van der Waals surface area contributed by atoms with E-state index in [1.807, 2.05) is 212 Å². The highest BCUT2D eigenvalue weighted by atomic mass is 16.5. The molecule has 0 radical (unpaired) electrons. The maximum absolute atomic E-state index is 14.4. The van der Waals surface area contributed by atoms with Gasteiger partial charge in [0.05, 0.1) is 34.4 Å². The molecule has 16 rings (SSSR count). The van der Waals surface area contributed by atoms with Crippen LogP contribution in [0.2, 0.25) is 0 Å². The fourth-order valence-electron chi connectivity index (χ4n) is 13.6. The second kappa shape index (κ2) is 24.2. The molecule has 0 fully saturated rings. The smallest absolute Gasteiger partial charge is 0.338 e. The number of esters is 2. The molecule has 96 heavy (non-hydrogen) atoms. The average molecular weight is 1240 g/mol. The van der Waals surface area contributed by atoms with Gasteiger partial charge in [-0.1, -0.05) is 215 Å². The van der Waals surface area contributed by atoms with Crippen molar-refractivity contribution < 1.29 is 19.1 Å². The van der Waals surface area contributed by atoms with Crippen LogP contribution in [0, 0.1) is 6.57 Å². The molecule has 0 N–H and O–H groups in total. The number of hydrogen-bond acceptors (Lipinski definition) is 9. The third kappa shape index (κ3) is 10.7. The number of carbonyl (C=O) groups excluding carboxylic acids is 2. The third-order valence-corrected chi connectivity index (χ3v) is 18.2. The number of anilines is 6. The van der Waals surface area contributed by atoms with E-state index < -0.39 is 18.7 Å². The lowest BCUT2D eigenvalue weighted by Gasteiger charge is -2.44. The third-order valence-electron chi connectivity index (χ3n) is 18.2. The van der Waals surface area contributed by atoms with Crippen LogP contribution in [0.5, 0.6) is 0 Å². The molecule has 0 bridgehead atoms. The molecule has 0 amide bonds. The predicted octanol–water partition coefficient (Wildman–Crippen LogP) is 18.3. The van der Waals surface area contributed by atoms with Gasteiger partial charge in [0.1, 0.15) is 13.2 Å². The Kier molecular flexibility index (Phi) is 14.8. The Labute approximate surface area is 556 Å². The van der Waals surface area contributed by atoms with Crippen molar-refractivity contribution in [1.82, 2.24) is 19.5 Å². The maximum Gasteiger partial charge on any atom is 0.338 e. The largest absolute Gasteiger partial charge is 0.457 e. The molecule has 4 heterocycles. The second-order valence-corrected chi connectivity index (χ2v) is 25.3. The molecule has 14 aromatic rings. The van der Waals surface area contributed by atoms with E-state index in [1.165, 1.54) is 0 Å². The van der Waals surface area contributed by atoms with Crippen molar-refractivity contribution in [3.8, 4) is 51.0 Å². The van der Waals surface area contributed by atoms with E-state index in [9.17, 15) is 9.59 Å². The van der Waals surface area contributed by atoms with Crippen LogP contribution in [0.1, 0.15) is 58.2 Å². The molecule has 12 aromatic carbocycles. The zero-order chi connectivity index (χ0) is 65.0. The number of carbonyl (C=O) groups is 2. The topological polar surface area (TPSA) is 107 Å². The summed E-state index contributed by atoms with van der Waals surface area (Å²) in [7, 11) is 0. The number of ether oxygens (including phenoxy) is 2. The molecule has 0 spiro atoms. The van der Waals surface area contributed by atoms with Crippen LogP contribution in [-0.2, 0) is 28.1 Å². The Morgan fingerprint density at radius 1 is 0.427 bits per heavy atom. The number of nitrogens with zero attached hydrogens (tertiary/aromatic N) is 7. The fourth-order valence-corrected chi connectivity index (χ4v) is 13.6. The Bertz CT molecular complexity index is 5180. The van der Waals surface area contributed by atoms with Gasteiger partial charge < -0.3 is 23.8 Å². The van der Waals surface area contributed by atoms with Crippen molar-refractivity contribution in [1.29, 1.82) is 0 Å². The molecule has 0 unspecified atom stereocenters. The first kappa shape index (κ1) is 58.6. The van der Waals surface area contributed by atoms with Gasteiger partial charge in [0.25, 0.3) is 6.71 Å². The summed E-state index contributed by atoms with van der Waals surface area (Å²) in [6, 6.07) is 95.6. The summed E-state index contributed by atoms with van der Waals surface area (Å²) in [6.07, 6.45) is 0. The highest BCUT2D eigenvalue weighted by Gasteiger charge is 2.44. The highest BCUT2D eigenvalue weighted by Crippen LogP contribution is 2.48. The predicted molar refractivity (Wildman–Crippen MR) is 386 cm³/mol. The second-order valence-electron chi connectivity index (χ2n) is 25.3. The Hall–Kier alpha value is -12.5. The summed E-state index contributed by atoms with van der Waals surface area (Å²) >= 11 is 0. The van der Waals surface area contributed by atoms with E-state index in [0.29, 0.717) is 39.9 Å². The molecule has 0 saturated carbocycles. The van der Waals surface area contributed by atoms with Gasteiger partial charge in [0.2, 0.25) is 0 Å². The molecule has 2 aliphatic heterocycles. The van der Waals surface area contributed by atoms with E-state index >= 15 is 0 Å². The van der Waals surface area contributed by atoms with E-state index in [1.54, 1.807) is 0 Å². The number of rotatable bonds is 13. The summed E-state index contributed by atoms with van der Waals surface area (Å²) in [6.45, 7) is 14.8. The highest BCUT2D eigenvalue weighted by molar-refractivity contribution is 7.00. The lowest BCUT2D eigenvalue weighted by atomic mass is 9.33. The van der Waals surface area contributed by atoms with Crippen molar-refractivity contribution in [2.75, 3.05) is 9.80 Å². The average Bonchev–Trinajstić information content (AvgIpc) is 0.824. The Morgan fingerprint density at radius 2 is 0.906 bits per heavy atom. The van der Waals surface area contributed by atoms with Gasteiger partial charge in [-0.25, -0.2) is 29.4 Å². The number of aromatic nitrogens is 4. The van der Waals surface area contributed by atoms with E-state index in [2.05, 4.69) is 113 Å². The first-order valence-corrected chi connectivity index (χ1v) is 32.1. The Balaban J connectivity index is 0.917. The summed E-state index contributed by atoms with van der Waals surface area (Å²) in [4.78, 5) is 52.9. The van der Waals surface area contributed by atoms with Crippen molar-refractivity contribution in [3.63, 3.8) is 0 Å². The molecule has 11 nitrogen and oxygen atoms in total. The number of hydrogen-bond donors (Lipinski definition) is 0. The fraction of sp³-hybridized carbons (Fsp3) is 0.0714. The summed E-state index contributed by atoms with van der Waals surface area (Å²) in [5.41, 5.74) is 19.2. The monoisotopic (exact) mass is 1240 g/mol. The van der Waals surface area contributed by atoms with Gasteiger partial charge in [0, 0.05) is 61.6 Å². The lowest BCUT2D eigenvalue weighted by molar-refractivity contribution is 0.0464. The van der Waals surface area contributed by atoms with Crippen molar-refractivity contribution >= 4 is 96.7 Å². The van der Waals surface area contributed by atoms with E-state index in [4.69, 9.17) is 31.0 Å². The molecular formula is C84H60BN7O4. The number of benzene rings is 12.